The van der Waals surface area contributed by atoms with Gasteiger partial charge in [0.1, 0.15) is 0 Å². The van der Waals surface area contributed by atoms with Gasteiger partial charge >= 0.3 is 0 Å². The van der Waals surface area contributed by atoms with Crippen LogP contribution >= 0.6 is 11.3 Å². The lowest BCUT2D eigenvalue weighted by Gasteiger charge is -2.04. The topological polar surface area (TPSA) is 69.6 Å². The minimum atomic E-state index is -1.35. The number of nitrogens with one attached hydrogen (secondary N) is 1. The summed E-state index contributed by atoms with van der Waals surface area (Å²) < 4.78 is 0. The molecule has 0 amide bonds. The lowest BCUT2D eigenvalue weighted by Crippen LogP contribution is -2.28. The summed E-state index contributed by atoms with van der Waals surface area (Å²) in [5, 5.41) is 21.6. The number of hydrogen-bond donors (Lipinski definition) is 3. The molecule has 0 bridgehead atoms. The second-order valence-corrected chi connectivity index (χ2v) is 3.78. The highest BCUT2D eigenvalue weighted by Gasteiger charge is 2.05. The quantitative estimate of drug-likeness (QED) is 0.361. The number of carbonyl (C=O) groups is 1. The molecule has 5 heteroatoms. The first-order valence-electron chi connectivity index (χ1n) is 4.33. The molecule has 0 fully saturated rings. The second-order valence-electron chi connectivity index (χ2n) is 2.84. The molecule has 78 valence electrons. The number of carbonyl (C=O) groups excluding carboxylic acids is 1. The third-order valence-electron chi connectivity index (χ3n) is 1.65. The zero-order valence-corrected chi connectivity index (χ0v) is 8.46. The van der Waals surface area contributed by atoms with Gasteiger partial charge in [0.15, 0.2) is 12.1 Å². The summed E-state index contributed by atoms with van der Waals surface area (Å²) in [6, 6.07) is 3.62. The SMILES string of the molecule is O=C(CCNCC(O)O)c1cccs1. The van der Waals surface area contributed by atoms with Crippen molar-refractivity contribution in [1.29, 1.82) is 0 Å². The normalized spacial score (nSPS) is 10.8. The molecule has 3 N–H and O–H groups in total. The van der Waals surface area contributed by atoms with Gasteiger partial charge in [-0.2, -0.15) is 0 Å². The molecule has 1 aromatic rings. The molecule has 0 unspecified atom stereocenters. The van der Waals surface area contributed by atoms with Crippen molar-refractivity contribution in [3.63, 3.8) is 0 Å². The molecular weight excluding hydrogens is 202 g/mol. The number of aliphatic hydroxyl groups is 2. The summed E-state index contributed by atoms with van der Waals surface area (Å²) in [6.45, 7) is 0.562. The van der Waals surface area contributed by atoms with Crippen LogP contribution in [0.3, 0.4) is 0 Å². The Kier molecular flexibility index (Phi) is 4.75. The minimum absolute atomic E-state index is 0.0833. The van der Waals surface area contributed by atoms with E-state index in [0.717, 1.165) is 4.88 Å². The molecule has 4 nitrogen and oxygen atoms in total. The van der Waals surface area contributed by atoms with E-state index >= 15 is 0 Å². The number of ketones is 1. The number of thiophene rings is 1. The van der Waals surface area contributed by atoms with Crippen LogP contribution in [-0.4, -0.2) is 35.4 Å². The van der Waals surface area contributed by atoms with E-state index in [1.165, 1.54) is 11.3 Å². The summed E-state index contributed by atoms with van der Waals surface area (Å²) in [5.41, 5.74) is 0. The van der Waals surface area contributed by atoms with E-state index in [9.17, 15) is 4.79 Å². The lowest BCUT2D eigenvalue weighted by atomic mass is 10.2. The standard InChI is InChI=1S/C9H13NO3S/c11-7(8-2-1-5-14-8)3-4-10-6-9(12)13/h1-2,5,9-10,12-13H,3-4,6H2. The van der Waals surface area contributed by atoms with Gasteiger partial charge in [-0.1, -0.05) is 6.07 Å². The second kappa shape index (κ2) is 5.87. The lowest BCUT2D eigenvalue weighted by molar-refractivity contribution is -0.0370. The molecule has 0 saturated carbocycles. The Labute approximate surface area is 86.2 Å². The van der Waals surface area contributed by atoms with Crippen LogP contribution in [0, 0.1) is 0 Å². The van der Waals surface area contributed by atoms with Crippen LogP contribution in [0.4, 0.5) is 0 Å². The van der Waals surface area contributed by atoms with Crippen LogP contribution < -0.4 is 5.32 Å². The molecule has 0 aliphatic rings. The maximum absolute atomic E-state index is 11.4. The van der Waals surface area contributed by atoms with Gasteiger partial charge < -0.3 is 15.5 Å². The third-order valence-corrected chi connectivity index (χ3v) is 2.56. The van der Waals surface area contributed by atoms with Gasteiger partial charge in [0, 0.05) is 19.5 Å². The van der Waals surface area contributed by atoms with Crippen LogP contribution in [0.5, 0.6) is 0 Å². The first-order valence-corrected chi connectivity index (χ1v) is 5.21. The van der Waals surface area contributed by atoms with E-state index in [2.05, 4.69) is 5.32 Å². The number of hydrogen-bond acceptors (Lipinski definition) is 5. The maximum Gasteiger partial charge on any atom is 0.174 e. The van der Waals surface area contributed by atoms with Crippen LogP contribution in [0.25, 0.3) is 0 Å². The van der Waals surface area contributed by atoms with Gasteiger partial charge in [0.2, 0.25) is 0 Å². The van der Waals surface area contributed by atoms with Gasteiger partial charge in [-0.05, 0) is 11.4 Å². The minimum Gasteiger partial charge on any atom is -0.367 e. The van der Waals surface area contributed by atoms with Crippen LogP contribution in [-0.2, 0) is 0 Å². The maximum atomic E-state index is 11.4. The molecule has 0 saturated heterocycles. The zero-order valence-electron chi connectivity index (χ0n) is 7.64. The Morgan fingerprint density at radius 2 is 2.36 bits per heavy atom. The summed E-state index contributed by atoms with van der Waals surface area (Å²) in [7, 11) is 0. The van der Waals surface area contributed by atoms with E-state index in [1.54, 1.807) is 6.07 Å². The van der Waals surface area contributed by atoms with Gasteiger partial charge in [0.05, 0.1) is 4.88 Å². The summed E-state index contributed by atoms with van der Waals surface area (Å²) in [6.07, 6.45) is -0.973. The highest BCUT2D eigenvalue weighted by Crippen LogP contribution is 2.10. The fourth-order valence-corrected chi connectivity index (χ4v) is 1.69. The number of Topliss-reactive ketones (excluding diaryl/α,β-unsaturated/α-hetero) is 1. The molecule has 0 radical (unpaired) electrons. The summed E-state index contributed by atoms with van der Waals surface area (Å²) >= 11 is 1.42. The van der Waals surface area contributed by atoms with Crippen molar-refractivity contribution in [2.75, 3.05) is 13.1 Å². The van der Waals surface area contributed by atoms with Gasteiger partial charge in [-0.15, -0.1) is 11.3 Å². The largest absolute Gasteiger partial charge is 0.367 e. The van der Waals surface area contributed by atoms with Crippen molar-refractivity contribution >= 4 is 17.1 Å². The van der Waals surface area contributed by atoms with E-state index in [-0.39, 0.29) is 12.3 Å². The third kappa shape index (κ3) is 3.97. The van der Waals surface area contributed by atoms with Crippen molar-refractivity contribution in [3.8, 4) is 0 Å². The number of aliphatic hydroxyl groups excluding tert-OH is 1. The van der Waals surface area contributed by atoms with Crippen LogP contribution in [0.15, 0.2) is 17.5 Å². The van der Waals surface area contributed by atoms with Crippen molar-refractivity contribution in [3.05, 3.63) is 22.4 Å². The monoisotopic (exact) mass is 215 g/mol. The van der Waals surface area contributed by atoms with Gasteiger partial charge in [0.25, 0.3) is 0 Å². The van der Waals surface area contributed by atoms with Gasteiger partial charge in [-0.3, -0.25) is 4.79 Å². The number of rotatable bonds is 6. The zero-order chi connectivity index (χ0) is 10.4. The molecule has 1 rings (SSSR count). The van der Waals surface area contributed by atoms with Gasteiger partial charge in [-0.25, -0.2) is 0 Å². The Bertz CT molecular complexity index is 272. The first kappa shape index (κ1) is 11.3. The predicted octanol–water partition coefficient (Wildman–Crippen LogP) is 0.221. The Balaban J connectivity index is 2.16. The van der Waals surface area contributed by atoms with Crippen molar-refractivity contribution in [2.45, 2.75) is 12.7 Å². The van der Waals surface area contributed by atoms with Crippen LogP contribution in [0.2, 0.25) is 0 Å². The molecule has 0 aliphatic heterocycles. The molecule has 14 heavy (non-hydrogen) atoms. The molecular formula is C9H13NO3S. The van der Waals surface area contributed by atoms with E-state index in [0.29, 0.717) is 13.0 Å². The average Bonchev–Trinajstić information content (AvgIpc) is 2.64. The molecule has 1 heterocycles. The highest BCUT2D eigenvalue weighted by atomic mass is 32.1. The average molecular weight is 215 g/mol. The van der Waals surface area contributed by atoms with Crippen LogP contribution in [0.1, 0.15) is 16.1 Å². The predicted molar refractivity (Wildman–Crippen MR) is 54.4 cm³/mol. The van der Waals surface area contributed by atoms with E-state index in [4.69, 9.17) is 10.2 Å². The summed E-state index contributed by atoms with van der Waals surface area (Å²) in [4.78, 5) is 12.1. The summed E-state index contributed by atoms with van der Waals surface area (Å²) in [5.74, 6) is 0.0833. The fourth-order valence-electron chi connectivity index (χ4n) is 0.994. The van der Waals surface area contributed by atoms with Crippen molar-refractivity contribution in [2.24, 2.45) is 0 Å². The Hall–Kier alpha value is -0.750. The van der Waals surface area contributed by atoms with Crippen molar-refractivity contribution in [1.82, 2.24) is 5.32 Å². The van der Waals surface area contributed by atoms with Crippen molar-refractivity contribution < 1.29 is 15.0 Å². The molecule has 0 aliphatic carbocycles. The Morgan fingerprint density at radius 3 is 2.93 bits per heavy atom. The fraction of sp³-hybridized carbons (Fsp3) is 0.444. The molecule has 0 spiro atoms. The van der Waals surface area contributed by atoms with E-state index < -0.39 is 6.29 Å². The Morgan fingerprint density at radius 1 is 1.57 bits per heavy atom. The molecule has 0 aromatic carbocycles. The molecule has 1 aromatic heterocycles. The first-order chi connectivity index (χ1) is 6.70. The van der Waals surface area contributed by atoms with E-state index in [1.807, 2.05) is 11.4 Å². The smallest absolute Gasteiger partial charge is 0.174 e. The highest BCUT2D eigenvalue weighted by molar-refractivity contribution is 7.12. The molecule has 0 atom stereocenters.